The third-order valence-electron chi connectivity index (χ3n) is 6.22. The van der Waals surface area contributed by atoms with Gasteiger partial charge in [-0.05, 0) is 33.8 Å². The maximum atomic E-state index is 15.6. The van der Waals surface area contributed by atoms with Crippen LogP contribution >= 0.6 is 22.7 Å². The van der Waals surface area contributed by atoms with Gasteiger partial charge in [0, 0.05) is 68.0 Å². The first-order chi connectivity index (χ1) is 18.1. The van der Waals surface area contributed by atoms with Crippen molar-refractivity contribution >= 4 is 76.2 Å². The van der Waals surface area contributed by atoms with E-state index in [2.05, 4.69) is 20.0 Å². The van der Waals surface area contributed by atoms with Crippen molar-refractivity contribution in [1.29, 1.82) is 0 Å². The summed E-state index contributed by atoms with van der Waals surface area (Å²) in [7, 11) is 17.5. The Labute approximate surface area is 225 Å². The number of halogens is 2. The fourth-order valence-electron chi connectivity index (χ4n) is 4.60. The van der Waals surface area contributed by atoms with Gasteiger partial charge in [0.1, 0.15) is 39.3 Å². The van der Waals surface area contributed by atoms with Crippen LogP contribution in [0.5, 0.6) is 0 Å². The van der Waals surface area contributed by atoms with Gasteiger partial charge in [0.15, 0.2) is 0 Å². The summed E-state index contributed by atoms with van der Waals surface area (Å²) in [4.78, 5) is 19.7. The van der Waals surface area contributed by atoms with Crippen molar-refractivity contribution in [3.05, 3.63) is 80.6 Å². The van der Waals surface area contributed by atoms with Gasteiger partial charge in [-0.3, -0.25) is 20.0 Å². The van der Waals surface area contributed by atoms with Crippen LogP contribution in [0.25, 0.3) is 20.9 Å². The summed E-state index contributed by atoms with van der Waals surface area (Å²) in [6, 6.07) is 10.6. The fourth-order valence-corrected chi connectivity index (χ4v) is 6.48. The molecule has 37 heavy (non-hydrogen) atoms. The summed E-state index contributed by atoms with van der Waals surface area (Å²) in [5.41, 5.74) is 1.95. The first kappa shape index (κ1) is 24.6. The molecule has 0 N–H and O–H groups in total. The molecule has 0 spiro atoms. The molecule has 2 aromatic heterocycles. The van der Waals surface area contributed by atoms with E-state index in [9.17, 15) is 0 Å². The lowest BCUT2D eigenvalue weighted by molar-refractivity contribution is 0.594. The molecular formula is C23H12B6F2N4S2. The van der Waals surface area contributed by atoms with Crippen LogP contribution in [-0.4, -0.2) is 57.3 Å². The van der Waals surface area contributed by atoms with E-state index in [4.69, 9.17) is 15.5 Å². The van der Waals surface area contributed by atoms with E-state index in [0.29, 0.717) is 43.7 Å². The van der Waals surface area contributed by atoms with Crippen LogP contribution in [0.4, 0.5) is 8.78 Å². The number of hydrogen-bond donors (Lipinski definition) is 0. The van der Waals surface area contributed by atoms with Gasteiger partial charge in [0.05, 0.1) is 21.4 Å². The van der Waals surface area contributed by atoms with Gasteiger partial charge in [0.2, 0.25) is 0 Å². The van der Waals surface area contributed by atoms with Crippen molar-refractivity contribution in [3.8, 4) is 20.9 Å². The summed E-state index contributed by atoms with van der Waals surface area (Å²) < 4.78 is 33.1. The molecule has 0 atom stereocenters. The van der Waals surface area contributed by atoms with E-state index in [1.807, 2.05) is 24.3 Å². The third-order valence-corrected chi connectivity index (χ3v) is 8.39. The largest absolute Gasteiger partial charge is 0.259 e. The molecule has 2 aromatic carbocycles. The second-order valence-electron chi connectivity index (χ2n) is 8.38. The maximum absolute atomic E-state index is 15.6. The summed E-state index contributed by atoms with van der Waals surface area (Å²) in [6.07, 6.45) is -0.00185. The van der Waals surface area contributed by atoms with Crippen LogP contribution in [0.15, 0.2) is 56.4 Å². The number of benzene rings is 2. The van der Waals surface area contributed by atoms with Crippen molar-refractivity contribution < 1.29 is 8.78 Å². The second-order valence-corrected chi connectivity index (χ2v) is 10.6. The van der Waals surface area contributed by atoms with Gasteiger partial charge in [-0.15, -0.1) is 0 Å². The minimum atomic E-state index is -0.456. The molecule has 4 aromatic rings. The zero-order valence-electron chi connectivity index (χ0n) is 19.4. The molecule has 168 valence electrons. The van der Waals surface area contributed by atoms with Crippen LogP contribution in [0.1, 0.15) is 11.1 Å². The SMILES string of the molecule is [B][B][B]c1ccc(-c2cc(F)c(Cc3c(F)cc(-c4ccc([B][B][B])s4)c4c3=NCN=4)c3c2=NCN=3)s1. The number of hydrogen-bond acceptors (Lipinski definition) is 6. The molecule has 8 radical (unpaired) electrons. The molecule has 2 aliphatic heterocycles. The monoisotopic (exact) mass is 512 g/mol. The first-order valence-electron chi connectivity index (χ1n) is 11.4. The highest BCUT2D eigenvalue weighted by Gasteiger charge is 2.22. The number of nitrogens with zero attached hydrogens (tertiary/aromatic N) is 4. The zero-order chi connectivity index (χ0) is 25.5. The van der Waals surface area contributed by atoms with Gasteiger partial charge < -0.3 is 0 Å². The van der Waals surface area contributed by atoms with E-state index in [0.717, 1.165) is 19.3 Å². The van der Waals surface area contributed by atoms with Crippen molar-refractivity contribution in [2.24, 2.45) is 20.0 Å². The lowest BCUT2D eigenvalue weighted by atomic mass is 9.28. The Kier molecular flexibility index (Phi) is 6.80. The summed E-state index contributed by atoms with van der Waals surface area (Å²) >= 11 is 2.97. The normalized spacial score (nSPS) is 13.0. The number of thiophene rings is 2. The Hall–Kier alpha value is -2.71. The molecular weight excluding hydrogens is 499 g/mol. The highest BCUT2D eigenvalue weighted by atomic mass is 32.1. The average Bonchev–Trinajstić information content (AvgIpc) is 3.69. The molecule has 4 nitrogen and oxygen atoms in total. The Balaban J connectivity index is 1.43. The topological polar surface area (TPSA) is 49.4 Å². The first-order valence-corrected chi connectivity index (χ1v) is 13.1. The van der Waals surface area contributed by atoms with Gasteiger partial charge in [-0.1, -0.05) is 12.1 Å². The Bertz CT molecular complexity index is 1660. The molecule has 14 heteroatoms. The van der Waals surface area contributed by atoms with Gasteiger partial charge in [-0.25, -0.2) is 8.78 Å². The van der Waals surface area contributed by atoms with E-state index >= 15 is 8.78 Å². The molecule has 0 aliphatic carbocycles. The van der Waals surface area contributed by atoms with Crippen molar-refractivity contribution in [3.63, 3.8) is 0 Å². The molecule has 0 bridgehead atoms. The Morgan fingerprint density at radius 2 is 1.11 bits per heavy atom. The summed E-state index contributed by atoms with van der Waals surface area (Å²) in [5, 5.41) is 2.16. The molecule has 0 amide bonds. The highest BCUT2D eigenvalue weighted by Crippen LogP contribution is 2.24. The van der Waals surface area contributed by atoms with Crippen molar-refractivity contribution in [2.75, 3.05) is 13.3 Å². The molecule has 0 unspecified atom stereocenters. The average molecular weight is 511 g/mol. The van der Waals surface area contributed by atoms with Crippen molar-refractivity contribution in [2.45, 2.75) is 6.42 Å². The lowest BCUT2D eigenvalue weighted by Gasteiger charge is -2.09. The van der Waals surface area contributed by atoms with Gasteiger partial charge in [0.25, 0.3) is 0 Å². The molecule has 0 fully saturated rings. The number of rotatable bonds is 8. The minimum absolute atomic E-state index is 0.00185. The van der Waals surface area contributed by atoms with Gasteiger partial charge in [-0.2, -0.15) is 22.7 Å². The van der Waals surface area contributed by atoms with Crippen LogP contribution in [-0.2, 0) is 6.42 Å². The fraction of sp³-hybridized carbons (Fsp3) is 0.130. The van der Waals surface area contributed by atoms with E-state index in [-0.39, 0.29) is 19.8 Å². The Morgan fingerprint density at radius 1 is 0.676 bits per heavy atom. The van der Waals surface area contributed by atoms with E-state index < -0.39 is 11.6 Å². The van der Waals surface area contributed by atoms with Crippen LogP contribution in [0.3, 0.4) is 0 Å². The van der Waals surface area contributed by atoms with Crippen LogP contribution in [0.2, 0.25) is 0 Å². The predicted octanol–water partition coefficient (Wildman–Crippen LogP) is -0.502. The standard InChI is InChI=1S/C23H12B6F2N4S2/c24-28-26-18-3-1-16(36-18)12-6-14(30)10(20-22(12)34-8-32-20)5-11-15(31)7-13(23-21(11)33-9-35-23)17-2-4-19(37-17)27-29-25/h1-4,6-7H,5,8-9H2. The minimum Gasteiger partial charge on any atom is -0.259 e. The Morgan fingerprint density at radius 3 is 1.54 bits per heavy atom. The molecule has 0 saturated carbocycles. The molecule has 6 rings (SSSR count). The van der Waals surface area contributed by atoms with E-state index in [1.54, 1.807) is 14.3 Å². The number of fused-ring (bicyclic) bond motifs is 2. The van der Waals surface area contributed by atoms with Crippen LogP contribution in [0, 0.1) is 11.6 Å². The van der Waals surface area contributed by atoms with E-state index in [1.165, 1.54) is 48.9 Å². The second kappa shape index (κ2) is 10.2. The highest BCUT2D eigenvalue weighted by molar-refractivity contribution is 7.38. The van der Waals surface area contributed by atoms with Crippen LogP contribution < -0.4 is 31.0 Å². The summed E-state index contributed by atoms with van der Waals surface area (Å²) in [5.74, 6) is -0.912. The zero-order valence-corrected chi connectivity index (χ0v) is 21.0. The lowest BCUT2D eigenvalue weighted by Crippen LogP contribution is -2.34. The predicted molar refractivity (Wildman–Crippen MR) is 150 cm³/mol. The molecule has 2 aliphatic rings. The van der Waals surface area contributed by atoms with Crippen molar-refractivity contribution in [1.82, 2.24) is 0 Å². The molecule has 4 heterocycles. The third kappa shape index (κ3) is 4.48. The maximum Gasteiger partial charge on any atom is 0.130 e. The smallest absolute Gasteiger partial charge is 0.130 e. The summed E-state index contributed by atoms with van der Waals surface area (Å²) in [6.45, 7) is 0.411. The van der Waals surface area contributed by atoms with Gasteiger partial charge >= 0.3 is 0 Å². The molecule has 0 saturated heterocycles. The quantitative estimate of drug-likeness (QED) is 0.287.